The number of nitrogens with one attached hydrogen (secondary N) is 1. The monoisotopic (exact) mass is 392 g/mol. The van der Waals surface area contributed by atoms with Crippen LogP contribution in [0.5, 0.6) is 0 Å². The first kappa shape index (κ1) is 14.3. The molecule has 0 fully saturated rings. The molecule has 0 aliphatic rings. The number of aryl methyl sites for hydroxylation is 1. The largest absolute Gasteiger partial charge is 0.271 e. The number of hydrazine groups is 1. The van der Waals surface area contributed by atoms with E-state index in [-0.39, 0.29) is 6.04 Å². The Morgan fingerprint density at radius 3 is 2.83 bits per heavy atom. The van der Waals surface area contributed by atoms with Gasteiger partial charge in [0.05, 0.1) is 5.02 Å². The fourth-order valence-corrected chi connectivity index (χ4v) is 3.05. The van der Waals surface area contributed by atoms with Gasteiger partial charge < -0.3 is 0 Å². The fourth-order valence-electron chi connectivity index (χ4n) is 1.82. The predicted molar refractivity (Wildman–Crippen MR) is 86.9 cm³/mol. The molecule has 0 saturated carbocycles. The first-order chi connectivity index (χ1) is 8.70. The lowest BCUT2D eigenvalue weighted by molar-refractivity contribution is 0.516. The van der Waals surface area contributed by atoms with Gasteiger partial charge in [0.2, 0.25) is 0 Å². The molecular weight excluding hydrogens is 379 g/mol. The molecule has 5 heteroatoms. The molecular formula is C13H14ClIN2S. The van der Waals surface area contributed by atoms with E-state index in [0.29, 0.717) is 0 Å². The summed E-state index contributed by atoms with van der Waals surface area (Å²) in [6.45, 7) is 0. The Bertz CT molecular complexity index is 502. The number of rotatable bonds is 5. The van der Waals surface area contributed by atoms with E-state index in [1.54, 1.807) is 11.3 Å². The lowest BCUT2D eigenvalue weighted by atomic mass is 10.0. The number of hydrogen-bond donors (Lipinski definition) is 2. The lowest BCUT2D eigenvalue weighted by Crippen LogP contribution is -2.28. The molecule has 18 heavy (non-hydrogen) atoms. The number of benzene rings is 1. The maximum absolute atomic E-state index is 6.14. The second kappa shape index (κ2) is 6.86. The second-order valence-electron chi connectivity index (χ2n) is 4.06. The highest BCUT2D eigenvalue weighted by atomic mass is 127. The van der Waals surface area contributed by atoms with Crippen molar-refractivity contribution in [2.45, 2.75) is 18.9 Å². The van der Waals surface area contributed by atoms with E-state index >= 15 is 0 Å². The summed E-state index contributed by atoms with van der Waals surface area (Å²) in [6, 6.07) is 8.37. The summed E-state index contributed by atoms with van der Waals surface area (Å²) >= 11 is 10.1. The highest BCUT2D eigenvalue weighted by Crippen LogP contribution is 2.25. The molecule has 1 aromatic carbocycles. The normalized spacial score (nSPS) is 12.6. The van der Waals surface area contributed by atoms with Gasteiger partial charge in [0, 0.05) is 9.61 Å². The molecule has 1 aromatic heterocycles. The first-order valence-corrected chi connectivity index (χ1v) is 8.03. The van der Waals surface area contributed by atoms with Crippen LogP contribution in [-0.4, -0.2) is 0 Å². The van der Waals surface area contributed by atoms with Crippen LogP contribution >= 0.6 is 45.5 Å². The minimum atomic E-state index is 0.138. The zero-order valence-corrected chi connectivity index (χ0v) is 13.4. The van der Waals surface area contributed by atoms with E-state index in [1.165, 1.54) is 5.56 Å². The van der Waals surface area contributed by atoms with Gasteiger partial charge in [-0.1, -0.05) is 17.7 Å². The van der Waals surface area contributed by atoms with E-state index in [2.05, 4.69) is 50.9 Å². The van der Waals surface area contributed by atoms with Crippen LogP contribution in [0, 0.1) is 3.57 Å². The Kier molecular flexibility index (Phi) is 5.44. The standard InChI is InChI=1S/C13H14ClIN2S/c14-11-7-10(2-3-12(11)15)13(17-16)4-1-9-5-6-18-8-9/h2-3,5-8,13,17H,1,4,16H2. The molecule has 1 heterocycles. The van der Waals surface area contributed by atoms with Gasteiger partial charge >= 0.3 is 0 Å². The van der Waals surface area contributed by atoms with Crippen LogP contribution in [0.4, 0.5) is 0 Å². The molecule has 0 saturated heterocycles. The van der Waals surface area contributed by atoms with Crippen LogP contribution in [0.2, 0.25) is 5.02 Å². The Hall–Kier alpha value is -0.140. The van der Waals surface area contributed by atoms with Crippen molar-refractivity contribution in [2.24, 2.45) is 5.84 Å². The van der Waals surface area contributed by atoms with Gasteiger partial charge in [0.1, 0.15) is 0 Å². The zero-order valence-electron chi connectivity index (χ0n) is 9.70. The molecule has 2 nitrogen and oxygen atoms in total. The number of hydrogen-bond acceptors (Lipinski definition) is 3. The third-order valence-corrected chi connectivity index (χ3v) is 5.15. The molecule has 1 atom stereocenters. The van der Waals surface area contributed by atoms with Crippen LogP contribution in [0.1, 0.15) is 23.6 Å². The fraction of sp³-hybridized carbons (Fsp3) is 0.231. The summed E-state index contributed by atoms with van der Waals surface area (Å²) < 4.78 is 1.06. The maximum atomic E-state index is 6.14. The summed E-state index contributed by atoms with van der Waals surface area (Å²) in [5.41, 5.74) is 5.37. The average Bonchev–Trinajstić information content (AvgIpc) is 2.87. The predicted octanol–water partition coefficient (Wildman–Crippen LogP) is 4.14. The summed E-state index contributed by atoms with van der Waals surface area (Å²) in [6.07, 6.45) is 1.98. The second-order valence-corrected chi connectivity index (χ2v) is 6.41. The van der Waals surface area contributed by atoms with Gasteiger partial charge in [-0.3, -0.25) is 11.3 Å². The molecule has 0 aliphatic carbocycles. The van der Waals surface area contributed by atoms with Crippen molar-refractivity contribution in [1.82, 2.24) is 5.43 Å². The van der Waals surface area contributed by atoms with Gasteiger partial charge in [-0.05, 0) is 75.5 Å². The van der Waals surface area contributed by atoms with Crippen LogP contribution in [-0.2, 0) is 6.42 Å². The smallest absolute Gasteiger partial charge is 0.0542 e. The zero-order chi connectivity index (χ0) is 13.0. The molecule has 3 N–H and O–H groups in total. The third-order valence-electron chi connectivity index (χ3n) is 2.85. The Morgan fingerprint density at radius 2 is 2.22 bits per heavy atom. The minimum Gasteiger partial charge on any atom is -0.271 e. The number of nitrogens with two attached hydrogens (primary N) is 1. The van der Waals surface area contributed by atoms with E-state index in [9.17, 15) is 0 Å². The number of thiophene rings is 1. The van der Waals surface area contributed by atoms with Crippen molar-refractivity contribution in [2.75, 3.05) is 0 Å². The molecule has 2 aromatic rings. The van der Waals surface area contributed by atoms with Crippen molar-refractivity contribution in [3.8, 4) is 0 Å². The molecule has 2 rings (SSSR count). The SMILES string of the molecule is NNC(CCc1ccsc1)c1ccc(I)c(Cl)c1. The minimum absolute atomic E-state index is 0.138. The highest BCUT2D eigenvalue weighted by Gasteiger charge is 2.11. The van der Waals surface area contributed by atoms with Gasteiger partial charge in [-0.2, -0.15) is 11.3 Å². The summed E-state index contributed by atoms with van der Waals surface area (Å²) in [4.78, 5) is 0. The Morgan fingerprint density at radius 1 is 1.39 bits per heavy atom. The van der Waals surface area contributed by atoms with Gasteiger partial charge in [0.15, 0.2) is 0 Å². The molecule has 0 aliphatic heterocycles. The van der Waals surface area contributed by atoms with Gasteiger partial charge in [0.25, 0.3) is 0 Å². The molecule has 0 spiro atoms. The Balaban J connectivity index is 2.05. The molecule has 0 radical (unpaired) electrons. The number of halogens is 2. The van der Waals surface area contributed by atoms with E-state index < -0.39 is 0 Å². The summed E-state index contributed by atoms with van der Waals surface area (Å²) in [5, 5.41) is 5.06. The average molecular weight is 393 g/mol. The van der Waals surface area contributed by atoms with Crippen molar-refractivity contribution in [3.05, 3.63) is 54.7 Å². The van der Waals surface area contributed by atoms with Crippen molar-refractivity contribution >= 4 is 45.5 Å². The third kappa shape index (κ3) is 3.68. The molecule has 1 unspecified atom stereocenters. The molecule has 96 valence electrons. The van der Waals surface area contributed by atoms with E-state index in [0.717, 1.165) is 27.0 Å². The quantitative estimate of drug-likeness (QED) is 0.456. The molecule has 0 amide bonds. The van der Waals surface area contributed by atoms with Crippen molar-refractivity contribution in [3.63, 3.8) is 0 Å². The van der Waals surface area contributed by atoms with Crippen molar-refractivity contribution in [1.29, 1.82) is 0 Å². The summed E-state index contributed by atoms with van der Waals surface area (Å²) in [7, 11) is 0. The van der Waals surface area contributed by atoms with Crippen LogP contribution in [0.15, 0.2) is 35.0 Å². The maximum Gasteiger partial charge on any atom is 0.0542 e. The molecule has 0 bridgehead atoms. The Labute approximate surface area is 130 Å². The lowest BCUT2D eigenvalue weighted by Gasteiger charge is -2.16. The van der Waals surface area contributed by atoms with E-state index in [1.807, 2.05) is 12.1 Å². The van der Waals surface area contributed by atoms with Gasteiger partial charge in [-0.25, -0.2) is 0 Å². The highest BCUT2D eigenvalue weighted by molar-refractivity contribution is 14.1. The van der Waals surface area contributed by atoms with Crippen LogP contribution in [0.25, 0.3) is 0 Å². The summed E-state index contributed by atoms with van der Waals surface area (Å²) in [5.74, 6) is 5.64. The van der Waals surface area contributed by atoms with E-state index in [4.69, 9.17) is 17.4 Å². The van der Waals surface area contributed by atoms with Crippen molar-refractivity contribution < 1.29 is 0 Å². The first-order valence-electron chi connectivity index (χ1n) is 5.63. The van der Waals surface area contributed by atoms with Crippen LogP contribution in [0.3, 0.4) is 0 Å². The van der Waals surface area contributed by atoms with Crippen LogP contribution < -0.4 is 11.3 Å². The topological polar surface area (TPSA) is 38.0 Å². The van der Waals surface area contributed by atoms with Gasteiger partial charge in [-0.15, -0.1) is 0 Å².